The summed E-state index contributed by atoms with van der Waals surface area (Å²) in [6.45, 7) is 13.5. The smallest absolute Gasteiger partial charge is 0.206 e. The maximum Gasteiger partial charge on any atom is 0.206 e. The van der Waals surface area contributed by atoms with Gasteiger partial charge in [0.2, 0.25) is 9.84 Å². The molecule has 6 rings (SSSR count). The Morgan fingerprint density at radius 3 is 1.02 bits per heavy atom. The van der Waals surface area contributed by atoms with Gasteiger partial charge in [-0.05, 0) is 147 Å². The molecule has 0 fully saturated rings. The van der Waals surface area contributed by atoms with Crippen LogP contribution in [-0.2, 0) is 31.9 Å². The van der Waals surface area contributed by atoms with Crippen molar-refractivity contribution in [3.63, 3.8) is 0 Å². The summed E-state index contributed by atoms with van der Waals surface area (Å²) in [7, 11) is -4.43. The largest absolute Gasteiger partial charge is 0.508 e. The van der Waals surface area contributed by atoms with Gasteiger partial charge in [-0.3, -0.25) is 0 Å². The fraction of sp³-hybridized carbons (Fsp3) is 0.273. The molecule has 4 atom stereocenters. The predicted octanol–water partition coefficient (Wildman–Crippen LogP) is 7.84. The molecule has 53 heavy (non-hydrogen) atoms. The van der Waals surface area contributed by atoms with E-state index in [9.17, 15) is 30.6 Å². The average molecular weight is 735 g/mol. The van der Waals surface area contributed by atoms with Gasteiger partial charge in [0.1, 0.15) is 34.2 Å². The second kappa shape index (κ2) is 12.5. The lowest BCUT2D eigenvalue weighted by Crippen LogP contribution is -2.50. The topological polar surface area (TPSA) is 156 Å². The van der Waals surface area contributed by atoms with Crippen molar-refractivity contribution in [3.8, 4) is 23.0 Å². The molecule has 0 saturated carbocycles. The van der Waals surface area contributed by atoms with Crippen molar-refractivity contribution in [2.45, 2.75) is 77.4 Å². The maximum absolute atomic E-state index is 15.1. The molecule has 276 valence electrons. The first kappa shape index (κ1) is 37.7. The van der Waals surface area contributed by atoms with Gasteiger partial charge in [0.15, 0.2) is 0 Å². The number of phenols is 4. The van der Waals surface area contributed by atoms with Crippen molar-refractivity contribution in [2.24, 2.45) is 0 Å². The van der Waals surface area contributed by atoms with Crippen LogP contribution in [0.4, 0.5) is 0 Å². The Bertz CT molecular complexity index is 2270. The molecule has 4 aromatic carbocycles. The molecule has 0 radical (unpaired) electrons. The number of phenolic OH excluding ortho intramolecular Hbond substituents is 4. The Hall–Kier alpha value is -5.09. The fourth-order valence-corrected chi connectivity index (χ4v) is 10.4. The quantitative estimate of drug-likeness (QED) is 0.117. The zero-order valence-electron chi connectivity index (χ0n) is 31.1. The van der Waals surface area contributed by atoms with E-state index < -0.39 is 31.9 Å². The number of aliphatic hydroxyl groups is 2. The summed E-state index contributed by atoms with van der Waals surface area (Å²) in [5, 5.41) is 69.1. The summed E-state index contributed by atoms with van der Waals surface area (Å²) in [6, 6.07) is 19.4. The standard InChI is InChI=1S/C44H46O8S/c1-25-21-31(23-41(7,33-13-9-17-37(45)27(33)3)43(25,49)35-15-11-19-39(47)29(35)5)53(51,52)32-22-26(2)44(50,36-16-12-20-40(48)30(36)6)42(8,24-32)34-14-10-18-38(46)28(34)4/h9-24,45-50H,1-8H3. The molecule has 0 spiro atoms. The third kappa shape index (κ3) is 5.20. The Balaban J connectivity index is 1.65. The third-order valence-electron chi connectivity index (χ3n) is 12.0. The molecule has 0 amide bonds. The van der Waals surface area contributed by atoms with Gasteiger partial charge < -0.3 is 30.6 Å². The van der Waals surface area contributed by atoms with E-state index in [0.29, 0.717) is 44.5 Å². The summed E-state index contributed by atoms with van der Waals surface area (Å²) >= 11 is 0. The molecule has 8 nitrogen and oxygen atoms in total. The van der Waals surface area contributed by atoms with Crippen molar-refractivity contribution < 1.29 is 39.1 Å². The van der Waals surface area contributed by atoms with Gasteiger partial charge in [-0.15, -0.1) is 0 Å². The molecule has 2 aliphatic carbocycles. The molecule has 0 aromatic heterocycles. The molecule has 0 bridgehead atoms. The number of rotatable bonds is 6. The van der Waals surface area contributed by atoms with Gasteiger partial charge in [0.25, 0.3) is 0 Å². The number of allylic oxidation sites excluding steroid dienone is 2. The molecule has 2 aliphatic rings. The molecule has 4 unspecified atom stereocenters. The highest BCUT2D eigenvalue weighted by atomic mass is 32.2. The third-order valence-corrected chi connectivity index (χ3v) is 13.7. The highest BCUT2D eigenvalue weighted by Gasteiger charge is 2.56. The van der Waals surface area contributed by atoms with E-state index in [2.05, 4.69) is 0 Å². The van der Waals surface area contributed by atoms with E-state index in [-0.39, 0.29) is 44.0 Å². The van der Waals surface area contributed by atoms with Crippen molar-refractivity contribution >= 4 is 9.84 Å². The summed E-state index contributed by atoms with van der Waals surface area (Å²) < 4.78 is 30.3. The first-order chi connectivity index (χ1) is 24.7. The van der Waals surface area contributed by atoms with E-state index in [4.69, 9.17) is 0 Å². The molecular formula is C44H46O8S. The summed E-state index contributed by atoms with van der Waals surface area (Å²) in [4.78, 5) is -0.237. The first-order valence-corrected chi connectivity index (χ1v) is 18.9. The summed E-state index contributed by atoms with van der Waals surface area (Å²) in [5.74, 6) is -0.137. The lowest BCUT2D eigenvalue weighted by atomic mass is 9.59. The monoisotopic (exact) mass is 734 g/mol. The van der Waals surface area contributed by atoms with Crippen molar-refractivity contribution in [1.82, 2.24) is 0 Å². The van der Waals surface area contributed by atoms with E-state index in [1.54, 1.807) is 104 Å². The second-order valence-electron chi connectivity index (χ2n) is 14.9. The fourth-order valence-electron chi connectivity index (χ4n) is 8.70. The van der Waals surface area contributed by atoms with Crippen LogP contribution in [-0.4, -0.2) is 39.1 Å². The van der Waals surface area contributed by atoms with Gasteiger partial charge in [0, 0.05) is 10.8 Å². The predicted molar refractivity (Wildman–Crippen MR) is 206 cm³/mol. The summed E-state index contributed by atoms with van der Waals surface area (Å²) in [6.07, 6.45) is 5.86. The zero-order valence-corrected chi connectivity index (χ0v) is 32.0. The Kier molecular flexibility index (Phi) is 8.89. The van der Waals surface area contributed by atoms with Crippen LogP contribution in [0.15, 0.2) is 118 Å². The van der Waals surface area contributed by atoms with E-state index in [0.717, 1.165) is 0 Å². The average Bonchev–Trinajstić information content (AvgIpc) is 3.10. The van der Waals surface area contributed by atoms with E-state index >= 15 is 8.42 Å². The van der Waals surface area contributed by atoms with Crippen LogP contribution in [0.1, 0.15) is 72.2 Å². The van der Waals surface area contributed by atoms with Crippen LogP contribution in [0.2, 0.25) is 0 Å². The Labute approximate surface area is 311 Å². The first-order valence-electron chi connectivity index (χ1n) is 17.4. The van der Waals surface area contributed by atoms with Gasteiger partial charge in [0.05, 0.1) is 9.81 Å². The molecule has 0 heterocycles. The van der Waals surface area contributed by atoms with Crippen LogP contribution in [0.3, 0.4) is 0 Å². The number of benzene rings is 4. The Morgan fingerprint density at radius 2 is 0.717 bits per heavy atom. The molecule has 0 saturated heterocycles. The van der Waals surface area contributed by atoms with Gasteiger partial charge in [-0.1, -0.05) is 60.7 Å². The number of hydrogen-bond acceptors (Lipinski definition) is 8. The minimum Gasteiger partial charge on any atom is -0.508 e. The van der Waals surface area contributed by atoms with Gasteiger partial charge in [-0.25, -0.2) is 8.42 Å². The van der Waals surface area contributed by atoms with E-state index in [1.807, 2.05) is 0 Å². The second-order valence-corrected chi connectivity index (χ2v) is 16.8. The lowest BCUT2D eigenvalue weighted by molar-refractivity contribution is 0.0146. The molecule has 9 heteroatoms. The van der Waals surface area contributed by atoms with Gasteiger partial charge >= 0.3 is 0 Å². The van der Waals surface area contributed by atoms with Crippen LogP contribution >= 0.6 is 0 Å². The zero-order chi connectivity index (χ0) is 39.1. The van der Waals surface area contributed by atoms with Gasteiger partial charge in [-0.2, -0.15) is 0 Å². The lowest BCUT2D eigenvalue weighted by Gasteiger charge is -2.49. The number of aromatic hydroxyl groups is 4. The molecule has 4 aromatic rings. The van der Waals surface area contributed by atoms with Crippen LogP contribution in [0, 0.1) is 27.7 Å². The number of hydrogen-bond donors (Lipinski definition) is 6. The highest BCUT2D eigenvalue weighted by molar-refractivity contribution is 7.99. The molecule has 0 aliphatic heterocycles. The van der Waals surface area contributed by atoms with Crippen molar-refractivity contribution in [1.29, 1.82) is 0 Å². The minimum atomic E-state index is -4.43. The normalized spacial score (nSPS) is 26.0. The Morgan fingerprint density at radius 1 is 0.453 bits per heavy atom. The van der Waals surface area contributed by atoms with Crippen molar-refractivity contribution in [3.05, 3.63) is 163 Å². The molecular weight excluding hydrogens is 689 g/mol. The molecule has 6 N–H and O–H groups in total. The number of sulfone groups is 1. The van der Waals surface area contributed by atoms with Crippen LogP contribution in [0.5, 0.6) is 23.0 Å². The SMILES string of the molecule is CC1=CC(S(=O)(=O)C2=CC(C)(c3cccc(O)c3C)C(O)(c3cccc(O)c3C)C(C)=C2)=CC(C)(c2cccc(O)c2C)C1(O)c1cccc(O)c1C. The van der Waals surface area contributed by atoms with Crippen LogP contribution < -0.4 is 0 Å². The van der Waals surface area contributed by atoms with E-state index in [1.165, 1.54) is 48.6 Å². The maximum atomic E-state index is 15.1. The van der Waals surface area contributed by atoms with Crippen LogP contribution in [0.25, 0.3) is 0 Å². The minimum absolute atomic E-state index is 0.0314. The highest BCUT2D eigenvalue weighted by Crippen LogP contribution is 2.57. The van der Waals surface area contributed by atoms with Crippen molar-refractivity contribution in [2.75, 3.05) is 0 Å². The summed E-state index contributed by atoms with van der Waals surface area (Å²) in [5.41, 5.74) is -2.78.